The second kappa shape index (κ2) is 15.0. The number of tetrazole rings is 1. The third-order valence-electron chi connectivity index (χ3n) is 9.01. The average molecular weight is 681 g/mol. The van der Waals surface area contributed by atoms with Crippen LogP contribution >= 0.6 is 0 Å². The third-order valence-corrected chi connectivity index (χ3v) is 9.01. The van der Waals surface area contributed by atoms with Gasteiger partial charge in [0.1, 0.15) is 11.6 Å². The van der Waals surface area contributed by atoms with E-state index in [-0.39, 0.29) is 24.2 Å². The smallest absolute Gasteiger partial charge is 0.407 e. The number of carbonyl (C=O) groups excluding carboxylic acids is 3. The Morgan fingerprint density at radius 2 is 1.68 bits per heavy atom. The Hall–Kier alpha value is -5.40. The number of amides is 3. The summed E-state index contributed by atoms with van der Waals surface area (Å²) in [4.78, 5) is 50.4. The van der Waals surface area contributed by atoms with Crippen molar-refractivity contribution in [2.45, 2.75) is 83.4 Å². The predicted molar refractivity (Wildman–Crippen MR) is 188 cm³/mol. The fourth-order valence-electron chi connectivity index (χ4n) is 6.25. The SMILES string of the molecule is CC(C)(C)OC(=O)NCC1CCC(C(=O)N(c2ccc(-c3nn[nH]n3)cc2)[C@@H](Cc2cccc(-c3cnc(NC4CC4)nc3)c2)C(N)=O)CC1. The molecule has 50 heavy (non-hydrogen) atoms. The highest BCUT2D eigenvalue weighted by Crippen LogP contribution is 2.33. The number of hydrogen-bond donors (Lipinski definition) is 4. The number of benzene rings is 2. The van der Waals surface area contributed by atoms with Gasteiger partial charge in [0, 0.05) is 54.1 Å². The minimum atomic E-state index is -0.957. The standard InChI is InChI=1S/C36H44N10O4/c1-36(2,3)50-35(49)40-19-22-7-9-25(10-8-22)33(48)46(29-15-11-24(12-16-29)32-42-44-45-43-32)30(31(37)47)18-23-5-4-6-26(17-23)27-20-38-34(39-21-27)41-28-13-14-28/h4-6,11-12,15-17,20-22,25,28,30H,7-10,13-14,18-19H2,1-3H3,(H2,37,47)(H,40,49)(H,38,39,41)(H,42,43,44,45)/t22?,25?,30-/m0/s1. The van der Waals surface area contributed by atoms with Gasteiger partial charge in [-0.05, 0) is 106 Å². The molecule has 0 unspecified atom stereocenters. The quantitative estimate of drug-likeness (QED) is 0.164. The van der Waals surface area contributed by atoms with Crippen molar-refractivity contribution >= 4 is 29.5 Å². The number of anilines is 2. The van der Waals surface area contributed by atoms with E-state index in [4.69, 9.17) is 10.5 Å². The van der Waals surface area contributed by atoms with Crippen molar-refractivity contribution in [3.8, 4) is 22.5 Å². The Balaban J connectivity index is 1.20. The molecular formula is C36H44N10O4. The van der Waals surface area contributed by atoms with Crippen LogP contribution in [0.3, 0.4) is 0 Å². The number of nitrogens with one attached hydrogen (secondary N) is 3. The van der Waals surface area contributed by atoms with Crippen LogP contribution in [0.15, 0.2) is 60.9 Å². The molecule has 2 aliphatic rings. The van der Waals surface area contributed by atoms with Crippen LogP contribution in [0.2, 0.25) is 0 Å². The van der Waals surface area contributed by atoms with Crippen LogP contribution in [0.1, 0.15) is 64.9 Å². The van der Waals surface area contributed by atoms with Crippen LogP contribution in [0.4, 0.5) is 16.4 Å². The summed E-state index contributed by atoms with van der Waals surface area (Å²) in [5.41, 5.74) is 9.34. The van der Waals surface area contributed by atoms with Crippen molar-refractivity contribution in [1.29, 1.82) is 0 Å². The number of carbonyl (C=O) groups is 3. The molecule has 2 aromatic carbocycles. The monoisotopic (exact) mass is 680 g/mol. The molecule has 262 valence electrons. The van der Waals surface area contributed by atoms with Gasteiger partial charge in [-0.15, -0.1) is 10.2 Å². The summed E-state index contributed by atoms with van der Waals surface area (Å²) in [6.07, 6.45) is 8.30. The number of aromatic nitrogens is 6. The summed E-state index contributed by atoms with van der Waals surface area (Å²) in [5, 5.41) is 20.3. The predicted octanol–water partition coefficient (Wildman–Crippen LogP) is 4.66. The molecule has 4 aromatic rings. The number of aromatic amines is 1. The molecule has 2 heterocycles. The maximum absolute atomic E-state index is 14.4. The summed E-state index contributed by atoms with van der Waals surface area (Å²) >= 11 is 0. The van der Waals surface area contributed by atoms with Gasteiger partial charge in [0.2, 0.25) is 23.6 Å². The maximum Gasteiger partial charge on any atom is 0.407 e. The van der Waals surface area contributed by atoms with Crippen LogP contribution in [-0.2, 0) is 20.7 Å². The lowest BCUT2D eigenvalue weighted by Gasteiger charge is -2.36. The third kappa shape index (κ3) is 8.98. The van der Waals surface area contributed by atoms with E-state index < -0.39 is 23.6 Å². The lowest BCUT2D eigenvalue weighted by molar-refractivity contribution is -0.127. The van der Waals surface area contributed by atoms with Crippen molar-refractivity contribution in [2.75, 3.05) is 16.8 Å². The van der Waals surface area contributed by atoms with Crippen molar-refractivity contribution < 1.29 is 19.1 Å². The lowest BCUT2D eigenvalue weighted by Crippen LogP contribution is -2.52. The fourth-order valence-corrected chi connectivity index (χ4v) is 6.25. The molecule has 2 aromatic heterocycles. The molecule has 5 N–H and O–H groups in total. The summed E-state index contributed by atoms with van der Waals surface area (Å²) in [6, 6.07) is 14.4. The molecule has 2 saturated carbocycles. The number of ether oxygens (including phenoxy) is 1. The van der Waals surface area contributed by atoms with E-state index in [2.05, 4.69) is 41.2 Å². The Morgan fingerprint density at radius 1 is 0.960 bits per heavy atom. The Morgan fingerprint density at radius 3 is 2.30 bits per heavy atom. The minimum Gasteiger partial charge on any atom is -0.444 e. The van der Waals surface area contributed by atoms with Gasteiger partial charge in [-0.3, -0.25) is 14.5 Å². The molecule has 2 fully saturated rings. The largest absolute Gasteiger partial charge is 0.444 e. The van der Waals surface area contributed by atoms with Gasteiger partial charge in [-0.2, -0.15) is 5.21 Å². The van der Waals surface area contributed by atoms with E-state index in [1.54, 1.807) is 41.6 Å². The second-order valence-electron chi connectivity index (χ2n) is 14.1. The van der Waals surface area contributed by atoms with E-state index in [0.29, 0.717) is 48.5 Å². The molecule has 0 saturated heterocycles. The van der Waals surface area contributed by atoms with E-state index in [0.717, 1.165) is 42.4 Å². The van der Waals surface area contributed by atoms with Gasteiger partial charge >= 0.3 is 6.09 Å². The number of nitrogens with two attached hydrogens (primary N) is 1. The summed E-state index contributed by atoms with van der Waals surface area (Å²) in [7, 11) is 0. The van der Waals surface area contributed by atoms with E-state index in [9.17, 15) is 14.4 Å². The van der Waals surface area contributed by atoms with Gasteiger partial charge in [0.15, 0.2) is 0 Å². The molecule has 2 aliphatic carbocycles. The number of hydrogen-bond acceptors (Lipinski definition) is 10. The first kappa shape index (κ1) is 34.5. The number of primary amides is 1. The normalized spacial score (nSPS) is 18.1. The van der Waals surface area contributed by atoms with E-state index >= 15 is 0 Å². The highest BCUT2D eigenvalue weighted by molar-refractivity contribution is 6.01. The molecule has 3 amide bonds. The zero-order chi connectivity index (χ0) is 35.3. The Labute approximate surface area is 291 Å². The van der Waals surface area contributed by atoms with Gasteiger partial charge in [0.05, 0.1) is 0 Å². The van der Waals surface area contributed by atoms with Gasteiger partial charge in [-0.1, -0.05) is 24.3 Å². The van der Waals surface area contributed by atoms with E-state index in [1.807, 2.05) is 45.0 Å². The molecular weight excluding hydrogens is 636 g/mol. The van der Waals surface area contributed by atoms with Crippen LogP contribution in [0.5, 0.6) is 0 Å². The average Bonchev–Trinajstić information content (AvgIpc) is 3.74. The Bertz CT molecular complexity index is 1760. The highest BCUT2D eigenvalue weighted by Gasteiger charge is 2.36. The minimum absolute atomic E-state index is 0.164. The number of H-pyrrole nitrogens is 1. The zero-order valence-corrected chi connectivity index (χ0v) is 28.6. The number of alkyl carbamates (subject to hydrolysis) is 1. The molecule has 14 nitrogen and oxygen atoms in total. The van der Waals surface area contributed by atoms with Gasteiger partial charge < -0.3 is 21.1 Å². The van der Waals surface area contributed by atoms with Crippen LogP contribution in [-0.4, -0.2) is 72.7 Å². The first-order chi connectivity index (χ1) is 24.0. The van der Waals surface area contributed by atoms with Gasteiger partial charge in [-0.25, -0.2) is 14.8 Å². The van der Waals surface area contributed by atoms with E-state index in [1.165, 1.54) is 0 Å². The second-order valence-corrected chi connectivity index (χ2v) is 14.1. The van der Waals surface area contributed by atoms with Crippen molar-refractivity contribution in [3.63, 3.8) is 0 Å². The summed E-state index contributed by atoms with van der Waals surface area (Å²) in [6.45, 7) is 5.95. The van der Waals surface area contributed by atoms with Crippen molar-refractivity contribution in [2.24, 2.45) is 17.6 Å². The topological polar surface area (TPSA) is 194 Å². The molecule has 0 bridgehead atoms. The fraction of sp³-hybridized carbons (Fsp3) is 0.444. The molecule has 0 radical (unpaired) electrons. The zero-order valence-electron chi connectivity index (χ0n) is 28.6. The molecule has 0 spiro atoms. The molecule has 1 atom stereocenters. The lowest BCUT2D eigenvalue weighted by atomic mass is 9.81. The summed E-state index contributed by atoms with van der Waals surface area (Å²) < 4.78 is 5.37. The Kier molecular flexibility index (Phi) is 10.3. The van der Waals surface area contributed by atoms with Crippen LogP contribution in [0, 0.1) is 11.8 Å². The molecule has 6 rings (SSSR count). The molecule has 0 aliphatic heterocycles. The highest BCUT2D eigenvalue weighted by atomic mass is 16.6. The number of nitrogens with zero attached hydrogens (tertiary/aromatic N) is 6. The molecule has 14 heteroatoms. The maximum atomic E-state index is 14.4. The van der Waals surface area contributed by atoms with Gasteiger partial charge in [0.25, 0.3) is 0 Å². The van der Waals surface area contributed by atoms with Crippen molar-refractivity contribution in [3.05, 3.63) is 66.5 Å². The summed E-state index contributed by atoms with van der Waals surface area (Å²) in [5.74, 6) is 0.137. The first-order valence-electron chi connectivity index (χ1n) is 17.1. The van der Waals surface area contributed by atoms with Crippen LogP contribution in [0.25, 0.3) is 22.5 Å². The van der Waals surface area contributed by atoms with Crippen LogP contribution < -0.4 is 21.3 Å². The van der Waals surface area contributed by atoms with Crippen molar-refractivity contribution in [1.82, 2.24) is 35.9 Å². The number of rotatable bonds is 12. The first-order valence-corrected chi connectivity index (χ1v) is 17.1.